The number of benzene rings is 2. The highest BCUT2D eigenvalue weighted by Gasteiger charge is 2.10. The Balaban J connectivity index is 1.72. The van der Waals surface area contributed by atoms with E-state index in [-0.39, 0.29) is 5.91 Å². The lowest BCUT2D eigenvalue weighted by molar-refractivity contribution is 0.102. The van der Waals surface area contributed by atoms with E-state index in [9.17, 15) is 4.79 Å². The summed E-state index contributed by atoms with van der Waals surface area (Å²) in [6, 6.07) is 17.2. The van der Waals surface area contributed by atoms with Crippen LogP contribution in [0.4, 0.5) is 5.82 Å². The highest BCUT2D eigenvalue weighted by atomic mass is 16.5. The van der Waals surface area contributed by atoms with Crippen LogP contribution in [0.2, 0.25) is 0 Å². The molecule has 0 aliphatic rings. The van der Waals surface area contributed by atoms with Crippen molar-refractivity contribution in [1.82, 2.24) is 9.78 Å². The number of carbonyl (C=O) groups is 1. The van der Waals surface area contributed by atoms with Crippen LogP contribution in [0.1, 0.15) is 27.2 Å². The molecule has 25 heavy (non-hydrogen) atoms. The van der Waals surface area contributed by atoms with Gasteiger partial charge in [0.1, 0.15) is 5.75 Å². The molecule has 3 rings (SSSR count). The summed E-state index contributed by atoms with van der Waals surface area (Å²) in [6.45, 7) is 4.72. The van der Waals surface area contributed by atoms with E-state index in [4.69, 9.17) is 4.74 Å². The number of carbonyl (C=O) groups excluding carboxylic acids is 1. The van der Waals surface area contributed by atoms with Gasteiger partial charge in [0, 0.05) is 17.3 Å². The third kappa shape index (κ3) is 4.07. The molecule has 0 bridgehead atoms. The van der Waals surface area contributed by atoms with E-state index in [1.807, 2.05) is 23.7 Å². The van der Waals surface area contributed by atoms with Crippen molar-refractivity contribution >= 4 is 11.7 Å². The quantitative estimate of drug-likeness (QED) is 0.771. The number of nitrogens with one attached hydrogen (secondary N) is 1. The zero-order valence-electron chi connectivity index (χ0n) is 14.6. The molecule has 0 aliphatic carbocycles. The lowest BCUT2D eigenvalue weighted by atomic mass is 10.1. The smallest absolute Gasteiger partial charge is 0.256 e. The van der Waals surface area contributed by atoms with Crippen LogP contribution in [0, 0.1) is 13.8 Å². The van der Waals surface area contributed by atoms with Crippen molar-refractivity contribution < 1.29 is 9.53 Å². The van der Waals surface area contributed by atoms with Crippen LogP contribution in [0.25, 0.3) is 0 Å². The Labute approximate surface area is 147 Å². The van der Waals surface area contributed by atoms with E-state index < -0.39 is 0 Å². The van der Waals surface area contributed by atoms with Gasteiger partial charge in [0.2, 0.25) is 0 Å². The van der Waals surface area contributed by atoms with Crippen molar-refractivity contribution in [2.24, 2.45) is 0 Å². The van der Waals surface area contributed by atoms with Crippen molar-refractivity contribution in [2.45, 2.75) is 20.4 Å². The van der Waals surface area contributed by atoms with Gasteiger partial charge < -0.3 is 10.1 Å². The molecule has 0 saturated heterocycles. The zero-order valence-corrected chi connectivity index (χ0v) is 14.6. The molecule has 1 aromatic heterocycles. The Morgan fingerprint density at radius 3 is 2.56 bits per heavy atom. The first kappa shape index (κ1) is 16.8. The van der Waals surface area contributed by atoms with Gasteiger partial charge in [-0.05, 0) is 43.7 Å². The van der Waals surface area contributed by atoms with Crippen LogP contribution in [0.5, 0.6) is 5.75 Å². The van der Waals surface area contributed by atoms with Crippen LogP contribution in [0.15, 0.2) is 54.6 Å². The highest BCUT2D eigenvalue weighted by Crippen LogP contribution is 2.15. The number of amides is 1. The van der Waals surface area contributed by atoms with Crippen LogP contribution in [0.3, 0.4) is 0 Å². The molecule has 0 unspecified atom stereocenters. The number of ether oxygens (including phenoxy) is 1. The molecular weight excluding hydrogens is 314 g/mol. The largest absolute Gasteiger partial charge is 0.497 e. The van der Waals surface area contributed by atoms with Crippen LogP contribution in [-0.4, -0.2) is 22.8 Å². The summed E-state index contributed by atoms with van der Waals surface area (Å²) < 4.78 is 6.99. The van der Waals surface area contributed by atoms with Crippen molar-refractivity contribution in [2.75, 3.05) is 12.4 Å². The lowest BCUT2D eigenvalue weighted by Crippen LogP contribution is -2.13. The van der Waals surface area contributed by atoms with Gasteiger partial charge in [-0.25, -0.2) is 0 Å². The summed E-state index contributed by atoms with van der Waals surface area (Å²) in [5.41, 5.74) is 3.95. The summed E-state index contributed by atoms with van der Waals surface area (Å²) >= 11 is 0. The first-order valence-electron chi connectivity index (χ1n) is 8.10. The highest BCUT2D eigenvalue weighted by molar-refractivity contribution is 6.03. The number of anilines is 1. The molecule has 3 aromatic rings. The van der Waals surface area contributed by atoms with Crippen molar-refractivity contribution in [3.63, 3.8) is 0 Å². The first-order chi connectivity index (χ1) is 12.0. The number of nitrogens with zero attached hydrogens (tertiary/aromatic N) is 2. The fourth-order valence-corrected chi connectivity index (χ4v) is 2.65. The maximum Gasteiger partial charge on any atom is 0.256 e. The Hall–Kier alpha value is -3.08. The molecule has 2 aromatic carbocycles. The van der Waals surface area contributed by atoms with E-state index in [0.29, 0.717) is 17.9 Å². The summed E-state index contributed by atoms with van der Waals surface area (Å²) in [5.74, 6) is 1.07. The molecule has 0 spiro atoms. The number of hydrogen-bond donors (Lipinski definition) is 1. The monoisotopic (exact) mass is 335 g/mol. The minimum absolute atomic E-state index is 0.192. The summed E-state index contributed by atoms with van der Waals surface area (Å²) in [6.07, 6.45) is 0. The maximum atomic E-state index is 12.3. The molecule has 0 fully saturated rings. The molecule has 0 saturated carbocycles. The summed E-state index contributed by atoms with van der Waals surface area (Å²) in [7, 11) is 1.60. The minimum Gasteiger partial charge on any atom is -0.497 e. The fraction of sp³-hybridized carbons (Fsp3) is 0.200. The van der Waals surface area contributed by atoms with E-state index in [1.165, 1.54) is 11.1 Å². The normalized spacial score (nSPS) is 10.5. The fourth-order valence-electron chi connectivity index (χ4n) is 2.65. The van der Waals surface area contributed by atoms with E-state index in [2.05, 4.69) is 35.5 Å². The third-order valence-electron chi connectivity index (χ3n) is 3.99. The zero-order chi connectivity index (χ0) is 17.8. The van der Waals surface area contributed by atoms with E-state index in [0.717, 1.165) is 11.4 Å². The van der Waals surface area contributed by atoms with E-state index >= 15 is 0 Å². The number of hydrogen-bond acceptors (Lipinski definition) is 3. The molecule has 5 nitrogen and oxygen atoms in total. The van der Waals surface area contributed by atoms with E-state index in [1.54, 1.807) is 31.4 Å². The number of aromatic nitrogens is 2. The second kappa shape index (κ2) is 7.21. The Kier molecular flexibility index (Phi) is 4.84. The van der Waals surface area contributed by atoms with Crippen LogP contribution < -0.4 is 10.1 Å². The van der Waals surface area contributed by atoms with Gasteiger partial charge in [0.25, 0.3) is 5.91 Å². The molecule has 1 N–H and O–H groups in total. The Bertz CT molecular complexity index is 882. The van der Waals surface area contributed by atoms with Gasteiger partial charge in [-0.1, -0.05) is 29.8 Å². The Morgan fingerprint density at radius 2 is 1.88 bits per heavy atom. The second-order valence-electron chi connectivity index (χ2n) is 6.00. The second-order valence-corrected chi connectivity index (χ2v) is 6.00. The molecule has 1 heterocycles. The lowest BCUT2D eigenvalue weighted by Gasteiger charge is -2.06. The van der Waals surface area contributed by atoms with Crippen LogP contribution >= 0.6 is 0 Å². The number of methoxy groups -OCH3 is 1. The SMILES string of the molecule is COc1ccc(C(=O)Nc2cc(C)n(Cc3cccc(C)c3)n2)cc1. The minimum atomic E-state index is -0.192. The first-order valence-corrected chi connectivity index (χ1v) is 8.10. The predicted octanol–water partition coefficient (Wildman–Crippen LogP) is 3.81. The topological polar surface area (TPSA) is 56.1 Å². The summed E-state index contributed by atoms with van der Waals surface area (Å²) in [5, 5.41) is 7.34. The number of rotatable bonds is 5. The number of aryl methyl sites for hydroxylation is 2. The van der Waals surface area contributed by atoms with Crippen molar-refractivity contribution in [1.29, 1.82) is 0 Å². The molecule has 0 aliphatic heterocycles. The van der Waals surface area contributed by atoms with Crippen LogP contribution in [-0.2, 0) is 6.54 Å². The van der Waals surface area contributed by atoms with Gasteiger partial charge in [0.05, 0.1) is 13.7 Å². The average Bonchev–Trinajstić information content (AvgIpc) is 2.94. The maximum absolute atomic E-state index is 12.3. The average molecular weight is 335 g/mol. The van der Waals surface area contributed by atoms with Crippen molar-refractivity contribution in [3.05, 3.63) is 77.0 Å². The molecular formula is C20H21N3O2. The van der Waals surface area contributed by atoms with Gasteiger partial charge in [-0.15, -0.1) is 0 Å². The van der Waals surface area contributed by atoms with Gasteiger partial charge >= 0.3 is 0 Å². The molecule has 1 amide bonds. The van der Waals surface area contributed by atoms with Crippen molar-refractivity contribution in [3.8, 4) is 5.75 Å². The molecule has 0 atom stereocenters. The molecule has 0 radical (unpaired) electrons. The standard InChI is InChI=1S/C20H21N3O2/c1-14-5-4-6-16(11-14)13-23-15(2)12-19(22-23)21-20(24)17-7-9-18(25-3)10-8-17/h4-12H,13H2,1-3H3,(H,21,22,24). The molecule has 5 heteroatoms. The van der Waals surface area contributed by atoms with Gasteiger partial charge in [0.15, 0.2) is 5.82 Å². The van der Waals surface area contributed by atoms with Gasteiger partial charge in [-0.2, -0.15) is 5.10 Å². The van der Waals surface area contributed by atoms with Gasteiger partial charge in [-0.3, -0.25) is 9.48 Å². The molecule has 128 valence electrons. The predicted molar refractivity (Wildman–Crippen MR) is 98.2 cm³/mol. The summed E-state index contributed by atoms with van der Waals surface area (Å²) in [4.78, 5) is 12.3. The Morgan fingerprint density at radius 1 is 1.12 bits per heavy atom. The third-order valence-corrected chi connectivity index (χ3v) is 3.99.